The van der Waals surface area contributed by atoms with Crippen molar-refractivity contribution in [1.82, 2.24) is 4.90 Å². The average Bonchev–Trinajstić information content (AvgIpc) is 2.65. The maximum atomic E-state index is 13.3. The van der Waals surface area contributed by atoms with Crippen LogP contribution < -0.4 is 5.73 Å². The fourth-order valence-corrected chi connectivity index (χ4v) is 2.13. The number of hydrogen-bond donors (Lipinski definition) is 1. The van der Waals surface area contributed by atoms with Gasteiger partial charge in [0.05, 0.1) is 13.1 Å². The molecule has 0 spiro atoms. The van der Waals surface area contributed by atoms with E-state index in [4.69, 9.17) is 5.73 Å². The summed E-state index contributed by atoms with van der Waals surface area (Å²) in [5.74, 6) is 4.31. The Labute approximate surface area is 116 Å². The predicted octanol–water partition coefficient (Wildman–Crippen LogP) is 1.03. The van der Waals surface area contributed by atoms with Gasteiger partial charge in [0, 0.05) is 17.9 Å². The van der Waals surface area contributed by atoms with E-state index in [9.17, 15) is 14.0 Å². The van der Waals surface area contributed by atoms with E-state index < -0.39 is 5.82 Å². The number of likely N-dealkylation sites (tertiary alicyclic amines) is 1. The number of hydrogen-bond acceptors (Lipinski definition) is 3. The van der Waals surface area contributed by atoms with Crippen LogP contribution in [0.25, 0.3) is 0 Å². The molecule has 0 saturated carbocycles. The van der Waals surface area contributed by atoms with E-state index in [-0.39, 0.29) is 37.2 Å². The molecule has 0 bridgehead atoms. The van der Waals surface area contributed by atoms with Gasteiger partial charge >= 0.3 is 0 Å². The molecule has 20 heavy (non-hydrogen) atoms. The van der Waals surface area contributed by atoms with Gasteiger partial charge in [-0.05, 0) is 17.7 Å². The Hall–Kier alpha value is -2.19. The summed E-state index contributed by atoms with van der Waals surface area (Å²) in [6.45, 7) is 2.01. The quantitative estimate of drug-likeness (QED) is 0.647. The third kappa shape index (κ3) is 2.86. The number of nitrogens with zero attached hydrogens (tertiary/aromatic N) is 1. The van der Waals surface area contributed by atoms with E-state index in [0.29, 0.717) is 11.1 Å². The molecule has 2 rings (SSSR count). The minimum Gasteiger partial charge on any atom is -0.320 e. The number of carbonyl (C=O) groups is 2. The van der Waals surface area contributed by atoms with Crippen molar-refractivity contribution in [3.8, 4) is 11.8 Å². The molecular formula is C15H15FN2O2. The molecule has 1 fully saturated rings. The number of rotatable bonds is 2. The third-order valence-corrected chi connectivity index (χ3v) is 3.19. The topological polar surface area (TPSA) is 63.4 Å². The number of halogens is 1. The van der Waals surface area contributed by atoms with Crippen molar-refractivity contribution in [3.05, 3.63) is 35.1 Å². The van der Waals surface area contributed by atoms with Gasteiger partial charge in [0.25, 0.3) is 0 Å². The standard InChI is InChI=1S/C15H15FN2O2/c1-10-7-14(19)18(15(10)20)9-12-4-5-13(16)8-11(12)3-2-6-17/h4-5,8,10H,6-7,9,17H2,1H3. The molecule has 1 aromatic rings. The van der Waals surface area contributed by atoms with Crippen molar-refractivity contribution in [1.29, 1.82) is 0 Å². The molecule has 1 aliphatic rings. The molecule has 1 saturated heterocycles. The van der Waals surface area contributed by atoms with Crippen LogP contribution in [0, 0.1) is 23.6 Å². The Morgan fingerprint density at radius 1 is 1.45 bits per heavy atom. The lowest BCUT2D eigenvalue weighted by Crippen LogP contribution is -2.30. The van der Waals surface area contributed by atoms with Crippen LogP contribution in [0.1, 0.15) is 24.5 Å². The molecule has 1 heterocycles. The van der Waals surface area contributed by atoms with E-state index in [1.54, 1.807) is 13.0 Å². The summed E-state index contributed by atoms with van der Waals surface area (Å²) >= 11 is 0. The van der Waals surface area contributed by atoms with Crippen LogP contribution in [0.4, 0.5) is 4.39 Å². The van der Waals surface area contributed by atoms with Crippen LogP contribution in [-0.2, 0) is 16.1 Å². The number of nitrogens with two attached hydrogens (primary N) is 1. The van der Waals surface area contributed by atoms with Gasteiger partial charge in [-0.2, -0.15) is 0 Å². The first-order valence-corrected chi connectivity index (χ1v) is 6.34. The smallest absolute Gasteiger partial charge is 0.232 e. The Bertz CT molecular complexity index is 616. The number of imide groups is 1. The summed E-state index contributed by atoms with van der Waals surface area (Å²) in [6.07, 6.45) is 0.226. The van der Waals surface area contributed by atoms with E-state index in [0.717, 1.165) is 0 Å². The molecule has 4 nitrogen and oxygen atoms in total. The van der Waals surface area contributed by atoms with E-state index >= 15 is 0 Å². The second kappa shape index (κ2) is 5.85. The van der Waals surface area contributed by atoms with E-state index in [2.05, 4.69) is 11.8 Å². The zero-order valence-corrected chi connectivity index (χ0v) is 11.1. The summed E-state index contributed by atoms with van der Waals surface area (Å²) in [5.41, 5.74) is 6.40. The fourth-order valence-electron chi connectivity index (χ4n) is 2.13. The highest BCUT2D eigenvalue weighted by atomic mass is 19.1. The fraction of sp³-hybridized carbons (Fsp3) is 0.333. The van der Waals surface area contributed by atoms with Gasteiger partial charge in [-0.3, -0.25) is 14.5 Å². The van der Waals surface area contributed by atoms with Crippen LogP contribution in [-0.4, -0.2) is 23.3 Å². The molecule has 104 valence electrons. The molecule has 1 aromatic carbocycles. The van der Waals surface area contributed by atoms with Gasteiger partial charge in [0.15, 0.2) is 0 Å². The monoisotopic (exact) mass is 274 g/mol. The van der Waals surface area contributed by atoms with Gasteiger partial charge in [-0.15, -0.1) is 0 Å². The van der Waals surface area contributed by atoms with Crippen molar-refractivity contribution in [2.45, 2.75) is 19.9 Å². The highest BCUT2D eigenvalue weighted by Crippen LogP contribution is 2.22. The SMILES string of the molecule is CC1CC(=O)N(Cc2ccc(F)cc2C#CCN)C1=O. The van der Waals surface area contributed by atoms with Crippen molar-refractivity contribution in [2.75, 3.05) is 6.54 Å². The molecular weight excluding hydrogens is 259 g/mol. The molecule has 2 N–H and O–H groups in total. The Balaban J connectivity index is 2.29. The van der Waals surface area contributed by atoms with E-state index in [1.807, 2.05) is 0 Å². The zero-order chi connectivity index (χ0) is 14.7. The maximum absolute atomic E-state index is 13.3. The minimum absolute atomic E-state index is 0.122. The lowest BCUT2D eigenvalue weighted by atomic mass is 10.1. The molecule has 1 aliphatic heterocycles. The summed E-state index contributed by atoms with van der Waals surface area (Å²) in [6, 6.07) is 4.11. The van der Waals surface area contributed by atoms with Crippen LogP contribution in [0.2, 0.25) is 0 Å². The second-order valence-corrected chi connectivity index (χ2v) is 4.73. The third-order valence-electron chi connectivity index (χ3n) is 3.19. The normalized spacial score (nSPS) is 18.1. The first kappa shape index (κ1) is 14.2. The summed E-state index contributed by atoms with van der Waals surface area (Å²) in [4.78, 5) is 24.9. The van der Waals surface area contributed by atoms with Gasteiger partial charge in [0.1, 0.15) is 5.82 Å². The minimum atomic E-state index is -0.414. The van der Waals surface area contributed by atoms with E-state index in [1.165, 1.54) is 17.0 Å². The van der Waals surface area contributed by atoms with Crippen molar-refractivity contribution in [3.63, 3.8) is 0 Å². The summed E-state index contributed by atoms with van der Waals surface area (Å²) < 4.78 is 13.3. The Morgan fingerprint density at radius 3 is 2.80 bits per heavy atom. The second-order valence-electron chi connectivity index (χ2n) is 4.73. The summed E-state index contributed by atoms with van der Waals surface area (Å²) in [5, 5.41) is 0. The lowest BCUT2D eigenvalue weighted by molar-refractivity contribution is -0.139. The Morgan fingerprint density at radius 2 is 2.20 bits per heavy atom. The van der Waals surface area contributed by atoms with Crippen LogP contribution in [0.3, 0.4) is 0 Å². The van der Waals surface area contributed by atoms with Gasteiger partial charge < -0.3 is 5.73 Å². The van der Waals surface area contributed by atoms with Crippen LogP contribution >= 0.6 is 0 Å². The highest BCUT2D eigenvalue weighted by molar-refractivity contribution is 6.03. The van der Waals surface area contributed by atoms with Crippen molar-refractivity contribution in [2.24, 2.45) is 11.7 Å². The molecule has 5 heteroatoms. The molecule has 1 atom stereocenters. The summed E-state index contributed by atoms with van der Waals surface area (Å²) in [7, 11) is 0. The van der Waals surface area contributed by atoms with Gasteiger partial charge in [0.2, 0.25) is 11.8 Å². The molecule has 0 aliphatic carbocycles. The predicted molar refractivity (Wildman–Crippen MR) is 71.7 cm³/mol. The lowest BCUT2D eigenvalue weighted by Gasteiger charge is -2.15. The van der Waals surface area contributed by atoms with Crippen molar-refractivity contribution < 1.29 is 14.0 Å². The maximum Gasteiger partial charge on any atom is 0.232 e. The molecule has 1 unspecified atom stereocenters. The van der Waals surface area contributed by atoms with Gasteiger partial charge in [-0.25, -0.2) is 4.39 Å². The number of carbonyl (C=O) groups excluding carboxylic acids is 2. The van der Waals surface area contributed by atoms with Gasteiger partial charge in [-0.1, -0.05) is 24.8 Å². The number of amides is 2. The van der Waals surface area contributed by atoms with Crippen LogP contribution in [0.15, 0.2) is 18.2 Å². The molecule has 2 amide bonds. The first-order valence-electron chi connectivity index (χ1n) is 6.34. The number of benzene rings is 1. The Kier molecular flexibility index (Phi) is 4.16. The largest absolute Gasteiger partial charge is 0.320 e. The molecule has 0 radical (unpaired) electrons. The van der Waals surface area contributed by atoms with Crippen LogP contribution in [0.5, 0.6) is 0 Å². The average molecular weight is 274 g/mol. The zero-order valence-electron chi connectivity index (χ0n) is 11.1. The molecule has 0 aromatic heterocycles. The van der Waals surface area contributed by atoms with Crippen molar-refractivity contribution >= 4 is 11.8 Å². The highest BCUT2D eigenvalue weighted by Gasteiger charge is 2.35. The first-order chi connectivity index (χ1) is 9.52.